The molecule has 1 fully saturated rings. The molecule has 1 saturated heterocycles. The molecular formula is C22H22N2O4S. The first kappa shape index (κ1) is 19.6. The van der Waals surface area contributed by atoms with E-state index in [2.05, 4.69) is 5.32 Å². The molecule has 0 atom stereocenters. The van der Waals surface area contributed by atoms with E-state index in [1.54, 1.807) is 24.3 Å². The number of amides is 1. The molecule has 7 heteroatoms. The molecular weight excluding hydrogens is 388 g/mol. The Morgan fingerprint density at radius 3 is 2.38 bits per heavy atom. The highest BCUT2D eigenvalue weighted by atomic mass is 32.2. The fourth-order valence-corrected chi connectivity index (χ4v) is 4.91. The topological polar surface area (TPSA) is 75.7 Å². The number of rotatable bonds is 5. The van der Waals surface area contributed by atoms with Crippen molar-refractivity contribution in [3.63, 3.8) is 0 Å². The fourth-order valence-electron chi connectivity index (χ4n) is 3.41. The third-order valence-corrected chi connectivity index (χ3v) is 6.82. The normalized spacial score (nSPS) is 15.3. The molecule has 1 amide bonds. The Bertz CT molecular complexity index is 1120. The van der Waals surface area contributed by atoms with E-state index in [0.29, 0.717) is 37.4 Å². The molecule has 0 unspecified atom stereocenters. The average molecular weight is 410 g/mol. The first-order valence-electron chi connectivity index (χ1n) is 9.46. The Balaban J connectivity index is 1.46. The van der Waals surface area contributed by atoms with Crippen molar-refractivity contribution >= 4 is 32.4 Å². The summed E-state index contributed by atoms with van der Waals surface area (Å²) in [6.07, 6.45) is 0. The van der Waals surface area contributed by atoms with E-state index in [9.17, 15) is 13.2 Å². The summed E-state index contributed by atoms with van der Waals surface area (Å²) < 4.78 is 31.7. The molecule has 1 heterocycles. The molecule has 0 aliphatic carbocycles. The molecule has 0 saturated carbocycles. The van der Waals surface area contributed by atoms with Gasteiger partial charge in [0.25, 0.3) is 5.91 Å². The smallest absolute Gasteiger partial charge is 0.255 e. The lowest BCUT2D eigenvalue weighted by molar-refractivity contribution is 0.0729. The van der Waals surface area contributed by atoms with Crippen molar-refractivity contribution in [1.29, 1.82) is 0 Å². The van der Waals surface area contributed by atoms with Crippen LogP contribution in [0, 0.1) is 0 Å². The van der Waals surface area contributed by atoms with Crippen LogP contribution in [0.25, 0.3) is 10.8 Å². The van der Waals surface area contributed by atoms with Crippen molar-refractivity contribution in [2.24, 2.45) is 0 Å². The minimum Gasteiger partial charge on any atom is -0.379 e. The van der Waals surface area contributed by atoms with Crippen molar-refractivity contribution in [2.75, 3.05) is 31.6 Å². The zero-order valence-corrected chi connectivity index (χ0v) is 16.7. The van der Waals surface area contributed by atoms with Gasteiger partial charge in [0, 0.05) is 29.7 Å². The summed E-state index contributed by atoms with van der Waals surface area (Å²) in [4.78, 5) is 12.7. The molecule has 3 aromatic carbocycles. The molecule has 1 aliphatic rings. The van der Waals surface area contributed by atoms with Crippen LogP contribution in [0.15, 0.2) is 66.7 Å². The number of fused-ring (bicyclic) bond motifs is 1. The van der Waals surface area contributed by atoms with Gasteiger partial charge in [-0.1, -0.05) is 48.5 Å². The molecule has 4 rings (SSSR count). The number of nitrogens with zero attached hydrogens (tertiary/aromatic N) is 1. The predicted octanol–water partition coefficient (Wildman–Crippen LogP) is 3.25. The van der Waals surface area contributed by atoms with Crippen LogP contribution in [0.4, 0.5) is 5.69 Å². The van der Waals surface area contributed by atoms with Crippen LogP contribution < -0.4 is 5.32 Å². The van der Waals surface area contributed by atoms with Gasteiger partial charge in [0.2, 0.25) is 10.0 Å². The third kappa shape index (κ3) is 4.48. The fraction of sp³-hybridized carbons (Fsp3) is 0.227. The summed E-state index contributed by atoms with van der Waals surface area (Å²) >= 11 is 0. The number of ether oxygens (including phenoxy) is 1. The minimum absolute atomic E-state index is 0.0851. The monoisotopic (exact) mass is 410 g/mol. The van der Waals surface area contributed by atoms with Gasteiger partial charge in [-0.15, -0.1) is 0 Å². The van der Waals surface area contributed by atoms with Gasteiger partial charge < -0.3 is 10.1 Å². The summed E-state index contributed by atoms with van der Waals surface area (Å²) in [6.45, 7) is 1.61. The van der Waals surface area contributed by atoms with E-state index < -0.39 is 10.0 Å². The summed E-state index contributed by atoms with van der Waals surface area (Å²) in [5, 5.41) is 4.96. The van der Waals surface area contributed by atoms with E-state index in [4.69, 9.17) is 4.74 Å². The number of nitrogens with one attached hydrogen (secondary N) is 1. The van der Waals surface area contributed by atoms with Crippen LogP contribution in [0.1, 0.15) is 15.9 Å². The zero-order valence-electron chi connectivity index (χ0n) is 15.9. The van der Waals surface area contributed by atoms with Crippen LogP contribution in [-0.2, 0) is 20.5 Å². The van der Waals surface area contributed by atoms with Crippen LogP contribution in [0.5, 0.6) is 0 Å². The maximum Gasteiger partial charge on any atom is 0.255 e. The number of hydrogen-bond acceptors (Lipinski definition) is 4. The van der Waals surface area contributed by atoms with Gasteiger partial charge in [0.05, 0.1) is 19.0 Å². The van der Waals surface area contributed by atoms with E-state index >= 15 is 0 Å². The molecule has 0 aromatic heterocycles. The van der Waals surface area contributed by atoms with Crippen molar-refractivity contribution in [2.45, 2.75) is 5.75 Å². The van der Waals surface area contributed by atoms with Gasteiger partial charge in [-0.2, -0.15) is 4.31 Å². The largest absolute Gasteiger partial charge is 0.379 e. The van der Waals surface area contributed by atoms with Gasteiger partial charge in [0.15, 0.2) is 0 Å². The van der Waals surface area contributed by atoms with Crippen molar-refractivity contribution in [1.82, 2.24) is 4.31 Å². The Labute approximate surface area is 170 Å². The Morgan fingerprint density at radius 2 is 1.62 bits per heavy atom. The second-order valence-electron chi connectivity index (χ2n) is 6.95. The summed E-state index contributed by atoms with van der Waals surface area (Å²) in [6, 6.07) is 20.3. The zero-order chi connectivity index (χ0) is 20.3. The molecule has 29 heavy (non-hydrogen) atoms. The van der Waals surface area contributed by atoms with Gasteiger partial charge in [0.1, 0.15) is 0 Å². The SMILES string of the molecule is O=C(Nc1cccc2ccccc12)c1ccc(CS(=O)(=O)N2CCOCC2)cc1. The number of sulfonamides is 1. The number of carbonyl (C=O) groups excluding carboxylic acids is 1. The lowest BCUT2D eigenvalue weighted by atomic mass is 10.1. The van der Waals surface area contributed by atoms with Gasteiger partial charge in [-0.25, -0.2) is 8.42 Å². The maximum atomic E-state index is 12.7. The average Bonchev–Trinajstić information content (AvgIpc) is 2.75. The number of hydrogen-bond donors (Lipinski definition) is 1. The molecule has 1 N–H and O–H groups in total. The van der Waals surface area contributed by atoms with Gasteiger partial charge >= 0.3 is 0 Å². The van der Waals surface area contributed by atoms with E-state index in [1.807, 2.05) is 42.5 Å². The molecule has 1 aliphatic heterocycles. The summed E-state index contributed by atoms with van der Waals surface area (Å²) in [7, 11) is -3.39. The number of morpholine rings is 1. The molecule has 150 valence electrons. The summed E-state index contributed by atoms with van der Waals surface area (Å²) in [5.74, 6) is -0.318. The van der Waals surface area contributed by atoms with E-state index in [0.717, 1.165) is 16.5 Å². The first-order valence-corrected chi connectivity index (χ1v) is 11.1. The van der Waals surface area contributed by atoms with Crippen molar-refractivity contribution < 1.29 is 17.9 Å². The van der Waals surface area contributed by atoms with Crippen LogP contribution >= 0.6 is 0 Å². The highest BCUT2D eigenvalue weighted by molar-refractivity contribution is 7.88. The van der Waals surface area contributed by atoms with Crippen LogP contribution in [0.2, 0.25) is 0 Å². The molecule has 0 spiro atoms. The maximum absolute atomic E-state index is 12.7. The Morgan fingerprint density at radius 1 is 0.931 bits per heavy atom. The van der Waals surface area contributed by atoms with Crippen LogP contribution in [-0.4, -0.2) is 44.9 Å². The highest BCUT2D eigenvalue weighted by Crippen LogP contribution is 2.23. The van der Waals surface area contributed by atoms with E-state index in [1.165, 1.54) is 4.31 Å². The first-order chi connectivity index (χ1) is 14.0. The Kier molecular flexibility index (Phi) is 5.62. The lowest BCUT2D eigenvalue weighted by Gasteiger charge is -2.26. The third-order valence-electron chi connectivity index (χ3n) is 4.97. The number of carbonyl (C=O) groups is 1. The predicted molar refractivity (Wildman–Crippen MR) is 113 cm³/mol. The molecule has 6 nitrogen and oxygen atoms in total. The molecule has 0 radical (unpaired) electrons. The second kappa shape index (κ2) is 8.32. The lowest BCUT2D eigenvalue weighted by Crippen LogP contribution is -2.41. The highest BCUT2D eigenvalue weighted by Gasteiger charge is 2.24. The van der Waals surface area contributed by atoms with E-state index in [-0.39, 0.29) is 11.7 Å². The number of anilines is 1. The quantitative estimate of drug-likeness (QED) is 0.701. The van der Waals surface area contributed by atoms with Crippen molar-refractivity contribution in [3.05, 3.63) is 77.9 Å². The molecule has 3 aromatic rings. The molecule has 0 bridgehead atoms. The summed E-state index contributed by atoms with van der Waals surface area (Å²) in [5.41, 5.74) is 1.87. The van der Waals surface area contributed by atoms with Crippen LogP contribution in [0.3, 0.4) is 0 Å². The van der Waals surface area contributed by atoms with Gasteiger partial charge in [-0.05, 0) is 29.1 Å². The number of benzene rings is 3. The Hall–Kier alpha value is -2.74. The second-order valence-corrected chi connectivity index (χ2v) is 8.91. The standard InChI is InChI=1S/C22H22N2O4S/c25-22(23-21-7-3-5-18-4-1-2-6-20(18)21)19-10-8-17(9-11-19)16-29(26,27)24-12-14-28-15-13-24/h1-11H,12-16H2,(H,23,25). The van der Waals surface area contributed by atoms with Crippen molar-refractivity contribution in [3.8, 4) is 0 Å². The minimum atomic E-state index is -3.39. The van der Waals surface area contributed by atoms with Gasteiger partial charge in [-0.3, -0.25) is 4.79 Å².